The van der Waals surface area contributed by atoms with Gasteiger partial charge in [0.15, 0.2) is 0 Å². The molecule has 0 saturated heterocycles. The van der Waals surface area contributed by atoms with Gasteiger partial charge >= 0.3 is 0 Å². The average Bonchev–Trinajstić information content (AvgIpc) is 2.51. The summed E-state index contributed by atoms with van der Waals surface area (Å²) in [4.78, 5) is 12.0. The summed E-state index contributed by atoms with van der Waals surface area (Å²) in [6, 6.07) is 5.31. The van der Waals surface area contributed by atoms with Crippen LogP contribution in [0.25, 0.3) is 0 Å². The number of methoxy groups -OCH3 is 3. The molecule has 3 N–H and O–H groups in total. The summed E-state index contributed by atoms with van der Waals surface area (Å²) in [6.45, 7) is 2.21. The first-order chi connectivity index (χ1) is 10.0. The maximum absolute atomic E-state index is 12.0. The van der Waals surface area contributed by atoms with E-state index in [0.717, 1.165) is 5.56 Å². The van der Waals surface area contributed by atoms with E-state index in [1.807, 2.05) is 19.1 Å². The van der Waals surface area contributed by atoms with E-state index in [0.29, 0.717) is 18.0 Å². The van der Waals surface area contributed by atoms with Crippen LogP contribution in [0.2, 0.25) is 0 Å². The van der Waals surface area contributed by atoms with Crippen LogP contribution < -0.4 is 20.5 Å². The number of hydrogen-bond donors (Lipinski definition) is 2. The summed E-state index contributed by atoms with van der Waals surface area (Å²) in [5.74, 6) is 1.26. The van der Waals surface area contributed by atoms with Crippen molar-refractivity contribution < 1.29 is 19.0 Å². The van der Waals surface area contributed by atoms with Gasteiger partial charge in [0, 0.05) is 25.3 Å². The lowest BCUT2D eigenvalue weighted by molar-refractivity contribution is -0.124. The van der Waals surface area contributed by atoms with E-state index in [2.05, 4.69) is 5.32 Å². The molecule has 2 unspecified atom stereocenters. The Morgan fingerprint density at radius 3 is 2.52 bits per heavy atom. The lowest BCUT2D eigenvalue weighted by Crippen LogP contribution is -2.33. The molecule has 0 radical (unpaired) electrons. The first-order valence-corrected chi connectivity index (χ1v) is 6.79. The minimum atomic E-state index is -0.269. The molecule has 0 aromatic heterocycles. The first-order valence-electron chi connectivity index (χ1n) is 6.79. The van der Waals surface area contributed by atoms with Gasteiger partial charge in [0.25, 0.3) is 0 Å². The summed E-state index contributed by atoms with van der Waals surface area (Å²) >= 11 is 0. The molecule has 0 aliphatic carbocycles. The standard InChI is InChI=1S/C15H24N2O4/c1-10(17-15(18)8-12(9-16)20-3)13-6-5-11(19-2)7-14(13)21-4/h5-7,10,12H,8-9,16H2,1-4H3,(H,17,18). The van der Waals surface area contributed by atoms with Crippen molar-refractivity contribution in [2.75, 3.05) is 27.9 Å². The van der Waals surface area contributed by atoms with Crippen LogP contribution >= 0.6 is 0 Å². The molecule has 0 spiro atoms. The Morgan fingerprint density at radius 1 is 1.29 bits per heavy atom. The Morgan fingerprint density at radius 2 is 2.00 bits per heavy atom. The van der Waals surface area contributed by atoms with E-state index < -0.39 is 0 Å². The number of amides is 1. The van der Waals surface area contributed by atoms with Crippen molar-refractivity contribution in [2.45, 2.75) is 25.5 Å². The highest BCUT2D eigenvalue weighted by Gasteiger charge is 2.17. The normalized spacial score (nSPS) is 13.4. The zero-order valence-electron chi connectivity index (χ0n) is 13.0. The highest BCUT2D eigenvalue weighted by Crippen LogP contribution is 2.29. The van der Waals surface area contributed by atoms with Gasteiger partial charge in [-0.25, -0.2) is 0 Å². The number of nitrogens with two attached hydrogens (primary N) is 1. The van der Waals surface area contributed by atoms with Crippen molar-refractivity contribution >= 4 is 5.91 Å². The number of rotatable bonds is 8. The second-order valence-electron chi connectivity index (χ2n) is 4.69. The Labute approximate surface area is 125 Å². The SMILES string of the molecule is COc1ccc(C(C)NC(=O)CC(CN)OC)c(OC)c1. The molecular weight excluding hydrogens is 272 g/mol. The zero-order valence-corrected chi connectivity index (χ0v) is 13.0. The smallest absolute Gasteiger partial charge is 0.223 e. The minimum absolute atomic E-state index is 0.113. The van der Waals surface area contributed by atoms with Gasteiger partial charge in [-0.15, -0.1) is 0 Å². The van der Waals surface area contributed by atoms with Crippen LogP contribution in [0.15, 0.2) is 18.2 Å². The lowest BCUT2D eigenvalue weighted by Gasteiger charge is -2.19. The fraction of sp³-hybridized carbons (Fsp3) is 0.533. The van der Waals surface area contributed by atoms with Gasteiger partial charge in [-0.3, -0.25) is 4.79 Å². The maximum atomic E-state index is 12.0. The second kappa shape index (κ2) is 8.49. The number of benzene rings is 1. The summed E-state index contributed by atoms with van der Waals surface area (Å²) in [6.07, 6.45) is -0.0366. The Bertz CT molecular complexity index is 461. The molecule has 21 heavy (non-hydrogen) atoms. The Kier molecular flexibility index (Phi) is 6.98. The Hall–Kier alpha value is -1.79. The van der Waals surface area contributed by atoms with Gasteiger partial charge in [0.2, 0.25) is 5.91 Å². The molecule has 6 heteroatoms. The number of carbonyl (C=O) groups is 1. The quantitative estimate of drug-likeness (QED) is 0.754. The summed E-state index contributed by atoms with van der Waals surface area (Å²) < 4.78 is 15.6. The highest BCUT2D eigenvalue weighted by atomic mass is 16.5. The average molecular weight is 296 g/mol. The van der Waals surface area contributed by atoms with Crippen LogP contribution in [0.1, 0.15) is 24.9 Å². The van der Waals surface area contributed by atoms with Crippen LogP contribution in [-0.2, 0) is 9.53 Å². The van der Waals surface area contributed by atoms with Crippen molar-refractivity contribution in [3.8, 4) is 11.5 Å². The topological polar surface area (TPSA) is 82.8 Å². The third-order valence-corrected chi connectivity index (χ3v) is 3.29. The van der Waals surface area contributed by atoms with Crippen LogP contribution in [0.5, 0.6) is 11.5 Å². The highest BCUT2D eigenvalue weighted by molar-refractivity contribution is 5.77. The number of nitrogens with one attached hydrogen (secondary N) is 1. The largest absolute Gasteiger partial charge is 0.497 e. The monoisotopic (exact) mass is 296 g/mol. The molecule has 1 amide bonds. The van der Waals surface area contributed by atoms with Gasteiger partial charge in [0.1, 0.15) is 11.5 Å². The van der Waals surface area contributed by atoms with Crippen molar-refractivity contribution in [1.82, 2.24) is 5.32 Å². The van der Waals surface area contributed by atoms with Gasteiger partial charge in [-0.2, -0.15) is 0 Å². The molecule has 0 aliphatic heterocycles. The van der Waals surface area contributed by atoms with Crippen LogP contribution in [0.4, 0.5) is 0 Å². The molecule has 0 bridgehead atoms. The van der Waals surface area contributed by atoms with Gasteiger partial charge < -0.3 is 25.3 Å². The summed E-state index contributed by atoms with van der Waals surface area (Å²) in [5, 5.41) is 2.91. The summed E-state index contributed by atoms with van der Waals surface area (Å²) in [5.41, 5.74) is 6.39. The van der Waals surface area contributed by atoms with E-state index in [1.165, 1.54) is 0 Å². The van der Waals surface area contributed by atoms with Crippen LogP contribution in [-0.4, -0.2) is 39.9 Å². The third kappa shape index (κ3) is 4.91. The molecule has 1 aromatic rings. The predicted molar refractivity (Wildman–Crippen MR) is 80.6 cm³/mol. The van der Waals surface area contributed by atoms with Crippen LogP contribution in [0.3, 0.4) is 0 Å². The number of ether oxygens (including phenoxy) is 3. The molecule has 1 rings (SSSR count). The van der Waals surface area contributed by atoms with Crippen molar-refractivity contribution in [2.24, 2.45) is 5.73 Å². The third-order valence-electron chi connectivity index (χ3n) is 3.29. The molecule has 1 aromatic carbocycles. The fourth-order valence-electron chi connectivity index (χ4n) is 2.02. The second-order valence-corrected chi connectivity index (χ2v) is 4.69. The van der Waals surface area contributed by atoms with Crippen LogP contribution in [0, 0.1) is 0 Å². The van der Waals surface area contributed by atoms with Gasteiger partial charge in [-0.05, 0) is 19.1 Å². The van der Waals surface area contributed by atoms with Crippen molar-refractivity contribution in [1.29, 1.82) is 0 Å². The molecule has 0 aliphatic rings. The van der Waals surface area contributed by atoms with Crippen molar-refractivity contribution in [3.05, 3.63) is 23.8 Å². The van der Waals surface area contributed by atoms with E-state index >= 15 is 0 Å². The maximum Gasteiger partial charge on any atom is 0.223 e. The van der Waals surface area contributed by atoms with Crippen molar-refractivity contribution in [3.63, 3.8) is 0 Å². The van der Waals surface area contributed by atoms with E-state index in [4.69, 9.17) is 19.9 Å². The molecule has 2 atom stereocenters. The molecule has 6 nitrogen and oxygen atoms in total. The lowest BCUT2D eigenvalue weighted by atomic mass is 10.1. The molecule has 0 fully saturated rings. The fourth-order valence-corrected chi connectivity index (χ4v) is 2.02. The van der Waals surface area contributed by atoms with E-state index in [1.54, 1.807) is 27.4 Å². The van der Waals surface area contributed by atoms with Gasteiger partial charge in [-0.1, -0.05) is 0 Å². The van der Waals surface area contributed by atoms with E-state index in [9.17, 15) is 4.79 Å². The Balaban J connectivity index is 2.75. The molecular formula is C15H24N2O4. The van der Waals surface area contributed by atoms with Gasteiger partial charge in [0.05, 0.1) is 32.8 Å². The minimum Gasteiger partial charge on any atom is -0.497 e. The first kappa shape index (κ1) is 17.3. The molecule has 118 valence electrons. The molecule has 0 heterocycles. The summed E-state index contributed by atoms with van der Waals surface area (Å²) in [7, 11) is 4.72. The molecule has 0 saturated carbocycles. The zero-order chi connectivity index (χ0) is 15.8. The number of carbonyl (C=O) groups excluding carboxylic acids is 1. The predicted octanol–water partition coefficient (Wildman–Crippen LogP) is 1.24. The van der Waals surface area contributed by atoms with E-state index in [-0.39, 0.29) is 24.5 Å². The number of hydrogen-bond acceptors (Lipinski definition) is 5.